The van der Waals surface area contributed by atoms with Crippen LogP contribution in [0.3, 0.4) is 0 Å². The van der Waals surface area contributed by atoms with Gasteiger partial charge in [0.2, 0.25) is 0 Å². The number of carbonyl (C=O) groups excluding carboxylic acids is 2. The molecule has 8 heteroatoms. The summed E-state index contributed by atoms with van der Waals surface area (Å²) < 4.78 is 11.6. The number of aromatic amines is 1. The van der Waals surface area contributed by atoms with Crippen molar-refractivity contribution in [2.75, 3.05) is 26.7 Å². The number of aromatic nitrogens is 1. The maximum absolute atomic E-state index is 13.0. The number of hydrogen-bond acceptors (Lipinski definition) is 5. The van der Waals surface area contributed by atoms with E-state index in [4.69, 9.17) is 9.47 Å². The number of piperidine rings is 1. The van der Waals surface area contributed by atoms with Gasteiger partial charge in [-0.2, -0.15) is 0 Å². The summed E-state index contributed by atoms with van der Waals surface area (Å²) in [5.74, 6) is 0.628. The number of nitrogens with zero attached hydrogens (tertiary/aromatic N) is 1. The molecule has 1 spiro atoms. The van der Waals surface area contributed by atoms with Crippen molar-refractivity contribution < 1.29 is 19.1 Å². The fourth-order valence-corrected chi connectivity index (χ4v) is 4.18. The third-order valence-corrected chi connectivity index (χ3v) is 5.87. The van der Waals surface area contributed by atoms with E-state index in [1.54, 1.807) is 50.1 Å². The number of amides is 2. The number of nitrogens with one attached hydrogen (secondary N) is 2. The van der Waals surface area contributed by atoms with Gasteiger partial charge >= 0.3 is 0 Å². The highest BCUT2D eigenvalue weighted by Crippen LogP contribution is 2.35. The molecular formula is C22H25N3O5. The van der Waals surface area contributed by atoms with E-state index in [9.17, 15) is 14.4 Å². The van der Waals surface area contributed by atoms with Crippen molar-refractivity contribution in [3.05, 3.63) is 57.0 Å². The molecule has 0 bridgehead atoms. The van der Waals surface area contributed by atoms with E-state index in [0.717, 1.165) is 5.69 Å². The van der Waals surface area contributed by atoms with Crippen LogP contribution in [0.5, 0.6) is 11.5 Å². The zero-order chi connectivity index (χ0) is 21.5. The van der Waals surface area contributed by atoms with Crippen LogP contribution in [0.25, 0.3) is 0 Å². The van der Waals surface area contributed by atoms with Crippen molar-refractivity contribution >= 4 is 11.8 Å². The Morgan fingerprint density at radius 1 is 1.17 bits per heavy atom. The van der Waals surface area contributed by atoms with Crippen molar-refractivity contribution in [1.82, 2.24) is 15.2 Å². The van der Waals surface area contributed by atoms with E-state index in [1.807, 2.05) is 0 Å². The third kappa shape index (κ3) is 3.53. The molecule has 3 heterocycles. The minimum Gasteiger partial charge on any atom is -0.497 e. The zero-order valence-corrected chi connectivity index (χ0v) is 17.3. The highest BCUT2D eigenvalue weighted by molar-refractivity contribution is 5.97. The Bertz CT molecular complexity index is 1070. The number of ether oxygens (including phenoxy) is 2. The number of hydrogen-bond donors (Lipinski definition) is 2. The number of pyridine rings is 1. The second kappa shape index (κ2) is 7.51. The average Bonchev–Trinajstić information content (AvgIpc) is 2.84. The molecule has 1 aromatic heterocycles. The molecule has 1 aromatic carbocycles. The van der Waals surface area contributed by atoms with Gasteiger partial charge in [0.05, 0.1) is 19.2 Å². The van der Waals surface area contributed by atoms with Gasteiger partial charge in [-0.05, 0) is 37.6 Å². The summed E-state index contributed by atoms with van der Waals surface area (Å²) in [6, 6.07) is 6.93. The molecule has 2 aliphatic rings. The normalized spacial score (nSPS) is 17.6. The SMILES string of the molecule is COc1ccc2c(c1)OC1(CCN(C(=O)c3c(C)cc(C)[nH]c3=O)CC1)CNC2=O. The zero-order valence-electron chi connectivity index (χ0n) is 17.3. The summed E-state index contributed by atoms with van der Waals surface area (Å²) in [5.41, 5.74) is 1.06. The molecule has 1 fully saturated rings. The molecule has 158 valence electrons. The van der Waals surface area contributed by atoms with E-state index in [-0.39, 0.29) is 22.9 Å². The summed E-state index contributed by atoms with van der Waals surface area (Å²) >= 11 is 0. The average molecular weight is 411 g/mol. The van der Waals surface area contributed by atoms with Gasteiger partial charge in [0.25, 0.3) is 17.4 Å². The molecule has 0 radical (unpaired) electrons. The van der Waals surface area contributed by atoms with Crippen LogP contribution in [0.2, 0.25) is 0 Å². The van der Waals surface area contributed by atoms with Crippen molar-refractivity contribution in [2.24, 2.45) is 0 Å². The second-order valence-corrected chi connectivity index (χ2v) is 7.96. The number of benzene rings is 1. The molecular weight excluding hydrogens is 386 g/mol. The fraction of sp³-hybridized carbons (Fsp3) is 0.409. The molecule has 1 saturated heterocycles. The molecule has 4 rings (SSSR count). The number of aryl methyl sites for hydroxylation is 2. The van der Waals surface area contributed by atoms with Gasteiger partial charge < -0.3 is 24.7 Å². The molecule has 0 saturated carbocycles. The Morgan fingerprint density at radius 3 is 2.57 bits per heavy atom. The van der Waals surface area contributed by atoms with Gasteiger partial charge in [0.1, 0.15) is 22.7 Å². The fourth-order valence-electron chi connectivity index (χ4n) is 4.18. The first-order chi connectivity index (χ1) is 14.3. The molecule has 2 aliphatic heterocycles. The predicted octanol–water partition coefficient (Wildman–Crippen LogP) is 1.80. The summed E-state index contributed by atoms with van der Waals surface area (Å²) in [5, 5.41) is 2.94. The van der Waals surface area contributed by atoms with E-state index >= 15 is 0 Å². The molecule has 2 amide bonds. The first-order valence-electron chi connectivity index (χ1n) is 9.97. The third-order valence-electron chi connectivity index (χ3n) is 5.87. The maximum atomic E-state index is 13.0. The highest BCUT2D eigenvalue weighted by atomic mass is 16.5. The number of fused-ring (bicyclic) bond motifs is 1. The number of likely N-dealkylation sites (tertiary alicyclic amines) is 1. The van der Waals surface area contributed by atoms with Gasteiger partial charge in [0, 0.05) is 37.7 Å². The van der Waals surface area contributed by atoms with E-state index in [1.165, 1.54) is 0 Å². The van der Waals surface area contributed by atoms with Gasteiger partial charge in [0.15, 0.2) is 0 Å². The Hall–Kier alpha value is -3.29. The standard InChI is InChI=1S/C22H25N3O5/c1-13-10-14(2)24-20(27)18(13)21(28)25-8-6-22(7-9-25)12-23-19(26)16-5-4-15(29-3)11-17(16)30-22/h4-5,10-11H,6-9,12H2,1-3H3,(H,23,26)(H,24,27). The Labute approximate surface area is 174 Å². The van der Waals surface area contributed by atoms with Crippen molar-refractivity contribution in [3.8, 4) is 11.5 Å². The van der Waals surface area contributed by atoms with Crippen LogP contribution in [0.15, 0.2) is 29.1 Å². The van der Waals surface area contributed by atoms with Crippen LogP contribution >= 0.6 is 0 Å². The van der Waals surface area contributed by atoms with Crippen LogP contribution in [0.4, 0.5) is 0 Å². The number of rotatable bonds is 2. The van der Waals surface area contributed by atoms with Crippen LogP contribution in [-0.2, 0) is 0 Å². The monoisotopic (exact) mass is 411 g/mol. The van der Waals surface area contributed by atoms with Crippen molar-refractivity contribution in [1.29, 1.82) is 0 Å². The molecule has 2 N–H and O–H groups in total. The maximum Gasteiger partial charge on any atom is 0.261 e. The van der Waals surface area contributed by atoms with Crippen LogP contribution in [0, 0.1) is 13.8 Å². The Kier molecular flexibility index (Phi) is 5.01. The van der Waals surface area contributed by atoms with Crippen LogP contribution < -0.4 is 20.3 Å². The van der Waals surface area contributed by atoms with E-state index in [0.29, 0.717) is 55.1 Å². The topological polar surface area (TPSA) is 101 Å². The van der Waals surface area contributed by atoms with Crippen molar-refractivity contribution in [2.45, 2.75) is 32.3 Å². The Morgan fingerprint density at radius 2 is 1.90 bits per heavy atom. The number of carbonyl (C=O) groups is 2. The lowest BCUT2D eigenvalue weighted by Gasteiger charge is -2.41. The molecule has 2 aromatic rings. The first-order valence-corrected chi connectivity index (χ1v) is 9.97. The first kappa shape index (κ1) is 20.0. The van der Waals surface area contributed by atoms with Gasteiger partial charge in [-0.25, -0.2) is 0 Å². The lowest BCUT2D eigenvalue weighted by molar-refractivity contribution is 0.00754. The highest BCUT2D eigenvalue weighted by Gasteiger charge is 2.41. The molecule has 0 unspecified atom stereocenters. The predicted molar refractivity (Wildman–Crippen MR) is 110 cm³/mol. The van der Waals surface area contributed by atoms with Crippen LogP contribution in [0.1, 0.15) is 44.8 Å². The molecule has 30 heavy (non-hydrogen) atoms. The number of H-pyrrole nitrogens is 1. The van der Waals surface area contributed by atoms with E-state index in [2.05, 4.69) is 10.3 Å². The minimum absolute atomic E-state index is 0.182. The van der Waals surface area contributed by atoms with Gasteiger partial charge in [-0.15, -0.1) is 0 Å². The van der Waals surface area contributed by atoms with Gasteiger partial charge in [-0.1, -0.05) is 0 Å². The minimum atomic E-state index is -0.612. The molecule has 0 aliphatic carbocycles. The lowest BCUT2D eigenvalue weighted by atomic mass is 9.90. The van der Waals surface area contributed by atoms with E-state index < -0.39 is 5.60 Å². The summed E-state index contributed by atoms with van der Waals surface area (Å²) in [6.45, 7) is 4.78. The summed E-state index contributed by atoms with van der Waals surface area (Å²) in [4.78, 5) is 42.2. The van der Waals surface area contributed by atoms with Crippen molar-refractivity contribution in [3.63, 3.8) is 0 Å². The second-order valence-electron chi connectivity index (χ2n) is 7.96. The summed E-state index contributed by atoms with van der Waals surface area (Å²) in [7, 11) is 1.56. The Balaban J connectivity index is 1.54. The lowest BCUT2D eigenvalue weighted by Crippen LogP contribution is -2.54. The van der Waals surface area contributed by atoms with Crippen LogP contribution in [-0.4, -0.2) is 54.0 Å². The number of methoxy groups -OCH3 is 1. The largest absolute Gasteiger partial charge is 0.497 e. The van der Waals surface area contributed by atoms with Gasteiger partial charge in [-0.3, -0.25) is 14.4 Å². The smallest absolute Gasteiger partial charge is 0.261 e. The molecule has 8 nitrogen and oxygen atoms in total. The quantitative estimate of drug-likeness (QED) is 0.785. The summed E-state index contributed by atoms with van der Waals surface area (Å²) in [6.07, 6.45) is 1.08. The molecule has 0 atom stereocenters.